The molecule has 7 heterocycles. The molecule has 9 fully saturated rings. The molecule has 4 unspecified atom stereocenters. The number of carbonyl (C=O) groups excluding carboxylic acids is 12. The van der Waals surface area contributed by atoms with Crippen LogP contribution in [0.1, 0.15) is 290 Å². The molecule has 6 aliphatic carbocycles. The standard InChI is InChI=1S/C27H47N5O5.C22H35N5O3.C19H33N3O4.C8H16N2O2.C8H17N.C8H19N.C7H6N4O.C3H4N2.CH3I.2ClH/c1-25(2,3)20(30-24(37)31-26(4,5)6)23(36)32-13-15-17(27(15,7)8)18(32)22(35)29-16(19(33)21(28)34)12-14-10-9-11-14;1-20(2,3)16(24-19(30)25-21(4,5)6)18(29)27-11-13-14(22(13,7)8)15(27)17(28)26-10-9-23-12-26;1-17(2,3)13(20-16(26)21-18(4,5)6)14(23)22-9-10-11(19(10,7)8)12(22)15(24)25;9-6(7(11)8(10)12)4-5-2-1-3-5;1-9(2)8-6-4-3-5-7-8;1-6-9(7(2)3)8(4)5;12-7(10-3-1-8-5-10)11-4-2-9-6-11;1-2-5-3-4-1;1-2;;/h14-20,33H,9-13H2,1-8H3,(H2,28,34)(H,29,35)(H2,30,31,37);9-10,12-16H,11H2,1-8H3,(H2,24,25,30);10-13H,9H2,1-8H3,(H,24,25)(H2,20,21,26);5-7,11H,1-4,9H2,(H2,10,12);8H,3-7H2,1-2H3;7-8H,6H2,1-5H3;1-6H;1-3H,(H,4,5);1H3;2*1H/t15-,16?,17-,18-,19?,20+;13-,14-,15-,16+;10-,11-,12-,13+;;;;;;;;/m000......../s1/i;;;;;;;;1D;;. The summed E-state index contributed by atoms with van der Waals surface area (Å²) >= 11 is 1.96. The van der Waals surface area contributed by atoms with Crippen LogP contribution in [0.3, 0.4) is 0 Å². The van der Waals surface area contributed by atoms with Crippen LogP contribution in [-0.4, -0.2) is 277 Å². The highest BCUT2D eigenvalue weighted by Crippen LogP contribution is 2.67. The number of likely N-dealkylation sites (tertiary alicyclic amines) is 3. The fraction of sp³-hybridized carbons (Fsp3) is 0.767. The molecular weight excluding hydrogens is 2000 g/mol. The van der Waals surface area contributed by atoms with Crippen LogP contribution in [0, 0.1) is 79.8 Å². The van der Waals surface area contributed by atoms with Gasteiger partial charge in [-0.2, -0.15) is 0 Å². The third kappa shape index (κ3) is 37.4. The van der Waals surface area contributed by atoms with Gasteiger partial charge in [-0.3, -0.25) is 57.5 Å². The number of hydrogen-bond donors (Lipinski definition) is 14. The highest BCUT2D eigenvalue weighted by Gasteiger charge is 2.72. The first kappa shape index (κ1) is 128. The Morgan fingerprint density at radius 3 is 1.13 bits per heavy atom. The summed E-state index contributed by atoms with van der Waals surface area (Å²) in [5.41, 5.74) is 12.7. The predicted octanol–water partition coefficient (Wildman–Crippen LogP) is 4.83. The molecule has 16 atom stereocenters. The number of hydrogen-bond acceptors (Lipinski definition) is 21. The fourth-order valence-electron chi connectivity index (χ4n) is 20.3. The van der Waals surface area contributed by atoms with Crippen LogP contribution in [0.4, 0.5) is 19.2 Å². The van der Waals surface area contributed by atoms with Crippen molar-refractivity contribution in [3.05, 3.63) is 68.6 Å². The summed E-state index contributed by atoms with van der Waals surface area (Å²) in [7, 11) is 4.55. The van der Waals surface area contributed by atoms with Crippen molar-refractivity contribution < 1.29 is 96.8 Å². The number of fused-ring (bicyclic) bond motifs is 3. The first-order valence-electron chi connectivity index (χ1n) is 51.4. The minimum atomic E-state index is -1.50. The van der Waals surface area contributed by atoms with Gasteiger partial charge >= 0.3 is 24.1 Å². The van der Waals surface area contributed by atoms with Crippen molar-refractivity contribution in [2.24, 2.45) is 102 Å². The number of carboxylic acids is 1. The zero-order valence-corrected chi connectivity index (χ0v) is 95.6. The summed E-state index contributed by atoms with van der Waals surface area (Å²) in [6.07, 6.45) is 31.7. The SMILES string of the molecule is C1=C[NH2+]C=N1.CC(C)(C)NC(=O)N[C@H](C(=O)N1C[C@H]2[C@@H]([C@H]1C(=O)NC(CC1CCC1)C(O)C(N)=O)C2(C)C)C(C)(C)C.CC(C)(C)NC(=O)N[C@H](C(=O)N1C[C@H]2[C@@H]([C@H]1C(=O)[O-])C2(C)C)C(C)(C)C.CC(C)(C)NC(=O)N[C@H](C(=O)N1C[C@H]2[C@@H]([C@H]1C(=O)n1ccnc1)C2(C)C)C(C)(C)C.CCN(C(C)C)C(C)C.C[NH+](C)C1CCCCC1.Cl.NC(=O)C(O)C(N)CC1CCC1.O=C(n1ccnc1)n1ccnc1.[2H]CI.[Cl-]. The van der Waals surface area contributed by atoms with Gasteiger partial charge in [-0.1, -0.05) is 178 Å². The lowest BCUT2D eigenvalue weighted by atomic mass is 9.79. The topological polar surface area (TPSA) is 530 Å². The number of alkyl halides is 1. The summed E-state index contributed by atoms with van der Waals surface area (Å²) in [6, 6.07) is -5.07. The zero-order valence-electron chi connectivity index (χ0n) is 92.9. The Morgan fingerprint density at radius 1 is 0.528 bits per heavy atom. The predicted molar refractivity (Wildman–Crippen MR) is 565 cm³/mol. The number of quaternary nitrogens is 2. The van der Waals surface area contributed by atoms with Crippen molar-refractivity contribution in [3.8, 4) is 0 Å². The van der Waals surface area contributed by atoms with Gasteiger partial charge in [0.1, 0.15) is 61.5 Å². The van der Waals surface area contributed by atoms with Gasteiger partial charge in [0.25, 0.3) is 5.91 Å². The minimum Gasteiger partial charge on any atom is -1.00 e. The number of carboxylic acid groups (broad SMARTS) is 1. The van der Waals surface area contributed by atoms with Gasteiger partial charge in [-0.15, -0.1) is 12.4 Å². The number of rotatable bonds is 22. The number of aliphatic hydroxyl groups excluding tert-OH is 2. The molecule has 0 spiro atoms. The van der Waals surface area contributed by atoms with E-state index in [1.165, 1.54) is 88.9 Å². The van der Waals surface area contributed by atoms with E-state index in [1.807, 2.05) is 173 Å². The smallest absolute Gasteiger partial charge is 0.338 e. The van der Waals surface area contributed by atoms with Crippen LogP contribution in [0.5, 0.6) is 0 Å². The van der Waals surface area contributed by atoms with Gasteiger partial charge in [0.15, 0.2) is 12.4 Å². The van der Waals surface area contributed by atoms with Crippen molar-refractivity contribution in [1.29, 1.82) is 0 Å². The van der Waals surface area contributed by atoms with E-state index in [4.69, 9.17) is 23.7 Å². The fourth-order valence-corrected chi connectivity index (χ4v) is 20.3. The normalized spacial score (nSPS) is 23.2. The molecule has 13 rings (SSSR count). The number of urea groups is 3. The average Bonchev–Trinajstić information content (AvgIpc) is 1.53. The Kier molecular flexibility index (Phi) is 48.5. The zero-order chi connectivity index (χ0) is 109. The quantitative estimate of drug-likeness (QED) is 0.0473. The minimum absolute atomic E-state index is 0. The van der Waals surface area contributed by atoms with E-state index in [2.05, 4.69) is 138 Å². The highest BCUT2D eigenvalue weighted by atomic mass is 127. The molecule has 144 heavy (non-hydrogen) atoms. The van der Waals surface area contributed by atoms with Crippen LogP contribution < -0.4 is 82.1 Å². The molecule has 0 radical (unpaired) electrons. The molecular formula is C103H182Cl2IN23O15. The number of carbonyl (C=O) groups is 12. The number of nitrogens with one attached hydrogen (secondary N) is 8. The molecule has 0 bridgehead atoms. The maximum Gasteiger partial charge on any atom is 0.338 e. The number of nitrogens with two attached hydrogens (primary N) is 4. The first-order chi connectivity index (χ1) is 65.9. The molecule has 10 aliphatic rings. The molecule has 41 heteroatoms. The molecule has 12 amide bonds. The lowest BCUT2D eigenvalue weighted by molar-refractivity contribution is -0.887. The van der Waals surface area contributed by atoms with Crippen molar-refractivity contribution in [2.75, 3.05) is 45.2 Å². The maximum atomic E-state index is 13.9. The summed E-state index contributed by atoms with van der Waals surface area (Å²) in [5.74, 6) is -2.75. The van der Waals surface area contributed by atoms with Crippen molar-refractivity contribution in [1.82, 2.24) is 85.5 Å². The Labute approximate surface area is 884 Å². The molecule has 6 saturated carbocycles. The van der Waals surface area contributed by atoms with E-state index in [9.17, 15) is 67.7 Å². The lowest BCUT2D eigenvalue weighted by Crippen LogP contribution is -3.10. The Bertz CT molecular complexity index is 4620. The van der Waals surface area contributed by atoms with Gasteiger partial charge in [0.2, 0.25) is 35.4 Å². The van der Waals surface area contributed by atoms with Crippen molar-refractivity contribution >= 4 is 113 Å². The number of amides is 12. The Balaban J connectivity index is 0.000000452. The van der Waals surface area contributed by atoms with Crippen LogP contribution in [0.2, 0.25) is 0 Å². The molecule has 4 aliphatic heterocycles. The van der Waals surface area contributed by atoms with Gasteiger partial charge in [0.05, 0.1) is 44.4 Å². The number of aliphatic imine (C=N–C) groups is 1. The van der Waals surface area contributed by atoms with Gasteiger partial charge < -0.3 is 107 Å². The van der Waals surface area contributed by atoms with Crippen molar-refractivity contribution in [3.63, 3.8) is 0 Å². The number of aromatic nitrogens is 6. The van der Waals surface area contributed by atoms with E-state index in [0.717, 1.165) is 31.8 Å². The molecule has 0 aromatic carbocycles. The molecule has 820 valence electrons. The second-order valence-corrected chi connectivity index (χ2v) is 48.8. The van der Waals surface area contributed by atoms with Crippen LogP contribution in [0.15, 0.2) is 73.6 Å². The number of imidazole rings is 3. The monoisotopic (exact) mass is 2180 g/mol. The van der Waals surface area contributed by atoms with Crippen LogP contribution in [0.25, 0.3) is 0 Å². The molecule has 38 nitrogen and oxygen atoms in total. The number of piperidine rings is 3. The van der Waals surface area contributed by atoms with Gasteiger partial charge in [-0.25, -0.2) is 39.1 Å². The summed E-state index contributed by atoms with van der Waals surface area (Å²) in [6.45, 7) is 59.9. The molecule has 3 aromatic rings. The van der Waals surface area contributed by atoms with Gasteiger partial charge in [0, 0.05) is 92.9 Å². The third-order valence-electron chi connectivity index (χ3n) is 29.0. The van der Waals surface area contributed by atoms with E-state index >= 15 is 0 Å². The maximum absolute atomic E-state index is 13.9. The first-order valence-corrected chi connectivity index (χ1v) is 52.2. The van der Waals surface area contributed by atoms with Crippen molar-refractivity contribution in [2.45, 2.75) is 380 Å². The number of aliphatic hydroxyl groups is 2. The lowest BCUT2D eigenvalue weighted by Gasteiger charge is -2.39. The van der Waals surface area contributed by atoms with E-state index in [-0.39, 0.29) is 112 Å². The Morgan fingerprint density at radius 2 is 0.868 bits per heavy atom. The number of aliphatic carboxylic acids is 1. The molecule has 3 saturated heterocycles. The summed E-state index contributed by atoms with van der Waals surface area (Å²) < 4.78 is 10.4. The summed E-state index contributed by atoms with van der Waals surface area (Å²) in [5, 5.41) is 53.0. The molecule has 18 N–H and O–H groups in total. The second-order valence-electron chi connectivity index (χ2n) is 48.8. The Hall–Kier alpha value is -8.45. The molecule has 3 aromatic heterocycles. The largest absolute Gasteiger partial charge is 1.00 e. The summed E-state index contributed by atoms with van der Waals surface area (Å²) in [4.78, 5) is 175. The second kappa shape index (κ2) is 54.7. The van der Waals surface area contributed by atoms with Crippen LogP contribution in [-0.2, 0) is 33.6 Å². The van der Waals surface area contributed by atoms with E-state index in [1.54, 1.807) is 64.4 Å². The number of primary amides is 2. The third-order valence-corrected chi connectivity index (χ3v) is 29.0. The van der Waals surface area contributed by atoms with Gasteiger partial charge in [-0.05, 0) is 220 Å². The van der Waals surface area contributed by atoms with Crippen LogP contribution >= 0.6 is 35.0 Å². The van der Waals surface area contributed by atoms with E-state index in [0.29, 0.717) is 61.3 Å². The average molecular weight is 2180 g/mol. The number of halogens is 3. The van der Waals surface area contributed by atoms with E-state index < -0.39 is 129 Å². The highest BCUT2D eigenvalue weighted by molar-refractivity contribution is 14.1. The number of nitrogens with zero attached hydrogens (tertiary/aromatic N) is 11.